The number of esters is 1. The van der Waals surface area contributed by atoms with E-state index in [1.807, 2.05) is 0 Å². The van der Waals surface area contributed by atoms with Crippen LogP contribution in [0, 0.1) is 23.0 Å². The first-order valence-corrected chi connectivity index (χ1v) is 5.40. The Morgan fingerprint density at radius 1 is 1.53 bits per heavy atom. The number of nitrogens with zero attached hydrogens (tertiary/aromatic N) is 2. The Morgan fingerprint density at radius 3 is 2.84 bits per heavy atom. The molecule has 0 saturated carbocycles. The van der Waals surface area contributed by atoms with Crippen LogP contribution in [0.3, 0.4) is 0 Å². The molecule has 0 bridgehead atoms. The standard InChI is InChI=1S/C12H11F2N3O2/c1-2-19-12(18)11(5-6-15)17-16-10-4-3-8(13)7-9(10)14/h3-4,7,16H,2,5H2,1H3. The van der Waals surface area contributed by atoms with Gasteiger partial charge in [-0.05, 0) is 19.1 Å². The van der Waals surface area contributed by atoms with Gasteiger partial charge in [-0.2, -0.15) is 10.4 Å². The summed E-state index contributed by atoms with van der Waals surface area (Å²) in [5.41, 5.74) is 1.96. The highest BCUT2D eigenvalue weighted by Crippen LogP contribution is 2.14. The smallest absolute Gasteiger partial charge is 0.355 e. The molecule has 0 heterocycles. The molecule has 1 aromatic rings. The first kappa shape index (κ1) is 14.6. The van der Waals surface area contributed by atoms with Crippen molar-refractivity contribution in [3.63, 3.8) is 0 Å². The monoisotopic (exact) mass is 267 g/mol. The average molecular weight is 267 g/mol. The SMILES string of the molecule is CCOC(=O)C(CC#N)=NNc1ccc(F)cc1F. The fraction of sp³-hybridized carbons (Fsp3) is 0.250. The van der Waals surface area contributed by atoms with Crippen LogP contribution in [0.1, 0.15) is 13.3 Å². The molecule has 1 N–H and O–H groups in total. The molecule has 0 saturated heterocycles. The molecule has 0 aromatic heterocycles. The van der Waals surface area contributed by atoms with E-state index in [9.17, 15) is 13.6 Å². The molecule has 0 aliphatic heterocycles. The van der Waals surface area contributed by atoms with E-state index in [-0.39, 0.29) is 24.4 Å². The lowest BCUT2D eigenvalue weighted by atomic mass is 10.3. The van der Waals surface area contributed by atoms with Gasteiger partial charge in [-0.25, -0.2) is 13.6 Å². The lowest BCUT2D eigenvalue weighted by molar-refractivity contribution is -0.135. The molecular formula is C12H11F2N3O2. The average Bonchev–Trinajstić information content (AvgIpc) is 2.36. The minimum Gasteiger partial charge on any atom is -0.461 e. The molecule has 0 unspecified atom stereocenters. The summed E-state index contributed by atoms with van der Waals surface area (Å²) in [7, 11) is 0. The van der Waals surface area contributed by atoms with Crippen molar-refractivity contribution in [3.05, 3.63) is 29.8 Å². The number of anilines is 1. The van der Waals surface area contributed by atoms with Gasteiger partial charge in [-0.15, -0.1) is 0 Å². The first-order chi connectivity index (χ1) is 9.08. The van der Waals surface area contributed by atoms with Gasteiger partial charge in [0, 0.05) is 6.07 Å². The highest BCUT2D eigenvalue weighted by atomic mass is 19.1. The maximum Gasteiger partial charge on any atom is 0.355 e. The third-order valence-corrected chi connectivity index (χ3v) is 2.00. The summed E-state index contributed by atoms with van der Waals surface area (Å²) in [6.07, 6.45) is -0.283. The molecule has 0 aliphatic carbocycles. The quantitative estimate of drug-likeness (QED) is 0.504. The molecule has 0 fully saturated rings. The zero-order valence-corrected chi connectivity index (χ0v) is 10.1. The van der Waals surface area contributed by atoms with E-state index >= 15 is 0 Å². The summed E-state index contributed by atoms with van der Waals surface area (Å²) in [6.45, 7) is 1.74. The van der Waals surface area contributed by atoms with Crippen molar-refractivity contribution in [1.29, 1.82) is 5.26 Å². The minimum absolute atomic E-state index is 0.110. The summed E-state index contributed by atoms with van der Waals surface area (Å²) in [5.74, 6) is -2.35. The van der Waals surface area contributed by atoms with E-state index in [0.717, 1.165) is 12.1 Å². The van der Waals surface area contributed by atoms with E-state index in [1.165, 1.54) is 0 Å². The van der Waals surface area contributed by atoms with Crippen LogP contribution in [0.25, 0.3) is 0 Å². The topological polar surface area (TPSA) is 74.5 Å². The number of ether oxygens (including phenoxy) is 1. The summed E-state index contributed by atoms with van der Waals surface area (Å²) in [4.78, 5) is 11.4. The van der Waals surface area contributed by atoms with E-state index < -0.39 is 17.6 Å². The van der Waals surface area contributed by atoms with Crippen molar-refractivity contribution in [3.8, 4) is 6.07 Å². The van der Waals surface area contributed by atoms with Gasteiger partial charge in [0.25, 0.3) is 0 Å². The van der Waals surface area contributed by atoms with Crippen LogP contribution < -0.4 is 5.43 Å². The van der Waals surface area contributed by atoms with Gasteiger partial charge in [0.05, 0.1) is 24.8 Å². The second kappa shape index (κ2) is 7.06. The number of rotatable bonds is 5. The Labute approximate surface area is 108 Å². The number of hydrazone groups is 1. The molecule has 0 aliphatic rings. The Balaban J connectivity index is 2.86. The van der Waals surface area contributed by atoms with Crippen LogP contribution in [0.15, 0.2) is 23.3 Å². The molecule has 7 heteroatoms. The Morgan fingerprint density at radius 2 is 2.26 bits per heavy atom. The third kappa shape index (κ3) is 4.35. The highest BCUT2D eigenvalue weighted by Gasteiger charge is 2.13. The van der Waals surface area contributed by atoms with Crippen molar-refractivity contribution in [2.24, 2.45) is 5.10 Å². The number of benzene rings is 1. The molecule has 19 heavy (non-hydrogen) atoms. The number of carbonyl (C=O) groups is 1. The largest absolute Gasteiger partial charge is 0.461 e. The Bertz CT molecular complexity index is 538. The van der Waals surface area contributed by atoms with Crippen molar-refractivity contribution in [1.82, 2.24) is 0 Å². The summed E-state index contributed by atoms with van der Waals surface area (Å²) >= 11 is 0. The van der Waals surface area contributed by atoms with Crippen molar-refractivity contribution in [2.45, 2.75) is 13.3 Å². The number of nitrogens with one attached hydrogen (secondary N) is 1. The van der Waals surface area contributed by atoms with Gasteiger partial charge in [-0.3, -0.25) is 5.43 Å². The summed E-state index contributed by atoms with van der Waals surface area (Å²) < 4.78 is 30.6. The fourth-order valence-electron chi connectivity index (χ4n) is 1.15. The summed E-state index contributed by atoms with van der Waals surface area (Å²) in [6, 6.07) is 4.58. The molecule has 0 spiro atoms. The number of nitriles is 1. The van der Waals surface area contributed by atoms with E-state index in [1.54, 1.807) is 13.0 Å². The second-order valence-corrected chi connectivity index (χ2v) is 3.35. The molecule has 0 amide bonds. The van der Waals surface area contributed by atoms with Crippen LogP contribution in [0.4, 0.5) is 14.5 Å². The predicted octanol–water partition coefficient (Wildman–Crippen LogP) is 2.21. The van der Waals surface area contributed by atoms with Crippen LogP contribution >= 0.6 is 0 Å². The molecule has 0 atom stereocenters. The van der Waals surface area contributed by atoms with E-state index in [0.29, 0.717) is 6.07 Å². The van der Waals surface area contributed by atoms with Gasteiger partial charge in [0.2, 0.25) is 0 Å². The molecular weight excluding hydrogens is 256 g/mol. The number of halogens is 2. The van der Waals surface area contributed by atoms with Crippen molar-refractivity contribution < 1.29 is 18.3 Å². The van der Waals surface area contributed by atoms with Gasteiger partial charge in [0.1, 0.15) is 5.82 Å². The van der Waals surface area contributed by atoms with Crippen molar-refractivity contribution >= 4 is 17.4 Å². The molecule has 100 valence electrons. The maximum atomic E-state index is 13.3. The first-order valence-electron chi connectivity index (χ1n) is 5.40. The van der Waals surface area contributed by atoms with E-state index in [2.05, 4.69) is 15.3 Å². The normalized spacial score (nSPS) is 10.7. The lowest BCUT2D eigenvalue weighted by Gasteiger charge is -2.05. The zero-order valence-electron chi connectivity index (χ0n) is 10.1. The van der Waals surface area contributed by atoms with Crippen LogP contribution in [0.5, 0.6) is 0 Å². The fourth-order valence-corrected chi connectivity index (χ4v) is 1.15. The summed E-state index contributed by atoms with van der Waals surface area (Å²) in [5, 5.41) is 12.2. The van der Waals surface area contributed by atoms with Crippen LogP contribution in [-0.2, 0) is 9.53 Å². The third-order valence-electron chi connectivity index (χ3n) is 2.00. The maximum absolute atomic E-state index is 13.3. The number of hydrogen-bond donors (Lipinski definition) is 1. The molecule has 1 aromatic carbocycles. The number of hydrogen-bond acceptors (Lipinski definition) is 5. The zero-order chi connectivity index (χ0) is 14.3. The van der Waals surface area contributed by atoms with E-state index in [4.69, 9.17) is 5.26 Å². The van der Waals surface area contributed by atoms with Gasteiger partial charge in [0.15, 0.2) is 11.5 Å². The Kier molecular flexibility index (Phi) is 5.41. The Hall–Kier alpha value is -2.49. The van der Waals surface area contributed by atoms with Crippen LogP contribution in [0.2, 0.25) is 0 Å². The highest BCUT2D eigenvalue weighted by molar-refractivity contribution is 6.37. The van der Waals surface area contributed by atoms with Gasteiger partial charge in [-0.1, -0.05) is 0 Å². The van der Waals surface area contributed by atoms with Crippen LogP contribution in [-0.4, -0.2) is 18.3 Å². The molecule has 5 nitrogen and oxygen atoms in total. The second-order valence-electron chi connectivity index (χ2n) is 3.35. The minimum atomic E-state index is -0.857. The number of carbonyl (C=O) groups excluding carboxylic acids is 1. The molecule has 0 radical (unpaired) electrons. The molecule has 1 rings (SSSR count). The predicted molar refractivity (Wildman–Crippen MR) is 64.3 cm³/mol. The van der Waals surface area contributed by atoms with Gasteiger partial charge < -0.3 is 4.74 Å². The lowest BCUT2D eigenvalue weighted by Crippen LogP contribution is -2.18. The van der Waals surface area contributed by atoms with Crippen molar-refractivity contribution in [2.75, 3.05) is 12.0 Å². The van der Waals surface area contributed by atoms with Gasteiger partial charge >= 0.3 is 5.97 Å².